The molecule has 108 valence electrons. The maximum Gasteiger partial charge on any atom is 0.343 e. The molecule has 1 N–H and O–H groups in total. The van der Waals surface area contributed by atoms with Gasteiger partial charge in [-0.1, -0.05) is 0 Å². The van der Waals surface area contributed by atoms with E-state index in [2.05, 4.69) is 31.7 Å². The number of hydrogen-bond acceptors (Lipinski definition) is 6. The molecule has 0 atom stereocenters. The number of rotatable bonds is 6. The molecule has 0 spiro atoms. The predicted octanol–water partition coefficient (Wildman–Crippen LogP) is 4.11. The van der Waals surface area contributed by atoms with Gasteiger partial charge in [0.2, 0.25) is 0 Å². The molecule has 0 radical (unpaired) electrons. The zero-order chi connectivity index (χ0) is 14.5. The summed E-state index contributed by atoms with van der Waals surface area (Å²) in [6.45, 7) is 4.76. The molecule has 0 aliphatic rings. The van der Waals surface area contributed by atoms with E-state index in [9.17, 15) is 4.79 Å². The Balaban J connectivity index is 1.97. The van der Waals surface area contributed by atoms with Crippen LogP contribution in [0.3, 0.4) is 0 Å². The number of nitrogens with zero attached hydrogens (tertiary/aromatic N) is 1. The van der Waals surface area contributed by atoms with E-state index < -0.39 is 0 Å². The van der Waals surface area contributed by atoms with Gasteiger partial charge in [-0.15, -0.1) is 11.3 Å². The van der Waals surface area contributed by atoms with Crippen LogP contribution in [0.2, 0.25) is 0 Å². The fourth-order valence-electron chi connectivity index (χ4n) is 1.72. The summed E-state index contributed by atoms with van der Waals surface area (Å²) in [5.41, 5.74) is 1.28. The minimum absolute atomic E-state index is 0.305. The Labute approximate surface area is 134 Å². The molecule has 0 saturated heterocycles. The molecule has 0 bridgehead atoms. The zero-order valence-corrected chi connectivity index (χ0v) is 14.5. The van der Waals surface area contributed by atoms with Crippen LogP contribution >= 0.6 is 38.8 Å². The van der Waals surface area contributed by atoms with Crippen molar-refractivity contribution < 1.29 is 9.53 Å². The number of aromatic nitrogens is 1. The van der Waals surface area contributed by atoms with Gasteiger partial charge in [0.25, 0.3) is 0 Å². The third kappa shape index (κ3) is 3.80. The Bertz CT molecular complexity index is 595. The van der Waals surface area contributed by atoms with Gasteiger partial charge in [-0.05, 0) is 59.9 Å². The summed E-state index contributed by atoms with van der Waals surface area (Å²) >= 11 is 6.47. The number of carbonyl (C=O) groups is 1. The van der Waals surface area contributed by atoms with E-state index in [1.807, 2.05) is 13.0 Å². The van der Waals surface area contributed by atoms with Crippen LogP contribution in [0.4, 0.5) is 5.00 Å². The van der Waals surface area contributed by atoms with Crippen LogP contribution in [0, 0.1) is 6.92 Å². The van der Waals surface area contributed by atoms with Crippen molar-refractivity contribution in [1.29, 1.82) is 0 Å². The van der Waals surface area contributed by atoms with Gasteiger partial charge >= 0.3 is 5.97 Å². The molecule has 20 heavy (non-hydrogen) atoms. The van der Waals surface area contributed by atoms with E-state index in [-0.39, 0.29) is 5.97 Å². The van der Waals surface area contributed by atoms with E-state index in [0.29, 0.717) is 12.2 Å². The molecule has 0 fully saturated rings. The molecule has 4 nitrogen and oxygen atoms in total. The van der Waals surface area contributed by atoms with Crippen LogP contribution in [-0.4, -0.2) is 23.5 Å². The second kappa shape index (κ2) is 7.19. The Hall–Kier alpha value is -0.920. The minimum atomic E-state index is -0.305. The molecule has 2 heterocycles. The van der Waals surface area contributed by atoms with Crippen molar-refractivity contribution in [3.05, 3.63) is 32.1 Å². The van der Waals surface area contributed by atoms with Gasteiger partial charge in [0, 0.05) is 11.4 Å². The van der Waals surface area contributed by atoms with Gasteiger partial charge in [-0.3, -0.25) is 0 Å². The second-order valence-electron chi connectivity index (χ2n) is 4.08. The van der Waals surface area contributed by atoms with Gasteiger partial charge in [-0.25, -0.2) is 4.79 Å². The number of esters is 1. The molecule has 2 rings (SSSR count). The van der Waals surface area contributed by atoms with Crippen LogP contribution < -0.4 is 5.32 Å². The summed E-state index contributed by atoms with van der Waals surface area (Å²) in [7, 11) is 0. The number of anilines is 1. The average molecular weight is 375 g/mol. The van der Waals surface area contributed by atoms with Gasteiger partial charge < -0.3 is 10.1 Å². The minimum Gasteiger partial charge on any atom is -0.462 e. The van der Waals surface area contributed by atoms with Crippen molar-refractivity contribution in [2.45, 2.75) is 20.3 Å². The average Bonchev–Trinajstić information content (AvgIpc) is 2.97. The number of hydrogen-bond donors (Lipinski definition) is 1. The molecular formula is C13H15BrN2O2S2. The van der Waals surface area contributed by atoms with Crippen molar-refractivity contribution >= 4 is 49.8 Å². The molecule has 7 heteroatoms. The standard InChI is InChI=1S/C13H15BrN2O2S2/c1-3-18-13(17)11-8(2)16-20-12(11)15-7-6-9-4-5-10(14)19-9/h4-5,15H,3,6-7H2,1-2H3. The second-order valence-corrected chi connectivity index (χ2v) is 7.40. The Morgan fingerprint density at radius 2 is 2.30 bits per heavy atom. The maximum absolute atomic E-state index is 11.9. The summed E-state index contributed by atoms with van der Waals surface area (Å²) in [6.07, 6.45) is 0.912. The lowest BCUT2D eigenvalue weighted by Gasteiger charge is -2.06. The van der Waals surface area contributed by atoms with Crippen LogP contribution in [0.5, 0.6) is 0 Å². The van der Waals surface area contributed by atoms with Crippen molar-refractivity contribution in [2.75, 3.05) is 18.5 Å². The fourth-order valence-corrected chi connectivity index (χ4v) is 4.01. The summed E-state index contributed by atoms with van der Waals surface area (Å²) in [6, 6.07) is 4.14. The first kappa shape index (κ1) is 15.5. The molecule has 0 amide bonds. The number of nitrogens with one attached hydrogen (secondary N) is 1. The number of thiophene rings is 1. The first-order valence-electron chi connectivity index (χ1n) is 6.23. The monoisotopic (exact) mass is 374 g/mol. The predicted molar refractivity (Wildman–Crippen MR) is 87.0 cm³/mol. The summed E-state index contributed by atoms with van der Waals surface area (Å²) in [5.74, 6) is -0.305. The molecule has 0 aliphatic heterocycles. The largest absolute Gasteiger partial charge is 0.462 e. The topological polar surface area (TPSA) is 51.2 Å². The number of carbonyl (C=O) groups excluding carboxylic acids is 1. The molecule has 0 aliphatic carbocycles. The fraction of sp³-hybridized carbons (Fsp3) is 0.385. The van der Waals surface area contributed by atoms with E-state index in [1.165, 1.54) is 16.4 Å². The number of ether oxygens (including phenoxy) is 1. The van der Waals surface area contributed by atoms with E-state index in [1.54, 1.807) is 18.3 Å². The van der Waals surface area contributed by atoms with Crippen molar-refractivity contribution in [3.8, 4) is 0 Å². The summed E-state index contributed by atoms with van der Waals surface area (Å²) < 4.78 is 10.4. The van der Waals surface area contributed by atoms with Crippen LogP contribution in [-0.2, 0) is 11.2 Å². The Morgan fingerprint density at radius 3 is 2.95 bits per heavy atom. The smallest absolute Gasteiger partial charge is 0.343 e. The van der Waals surface area contributed by atoms with Crippen LogP contribution in [0.15, 0.2) is 15.9 Å². The van der Waals surface area contributed by atoms with Gasteiger partial charge in [0.05, 0.1) is 16.1 Å². The van der Waals surface area contributed by atoms with Crippen molar-refractivity contribution in [2.24, 2.45) is 0 Å². The summed E-state index contributed by atoms with van der Waals surface area (Å²) in [5, 5.41) is 4.07. The normalized spacial score (nSPS) is 10.6. The highest BCUT2D eigenvalue weighted by Crippen LogP contribution is 2.26. The zero-order valence-electron chi connectivity index (χ0n) is 11.2. The molecule has 2 aromatic heterocycles. The quantitative estimate of drug-likeness (QED) is 0.773. The van der Waals surface area contributed by atoms with E-state index >= 15 is 0 Å². The Kier molecular flexibility index (Phi) is 5.56. The van der Waals surface area contributed by atoms with Crippen LogP contribution in [0.25, 0.3) is 0 Å². The highest BCUT2D eigenvalue weighted by atomic mass is 79.9. The first-order valence-corrected chi connectivity index (χ1v) is 8.61. The van der Waals surface area contributed by atoms with Gasteiger partial charge in [-0.2, -0.15) is 4.37 Å². The lowest BCUT2D eigenvalue weighted by molar-refractivity contribution is 0.0527. The first-order chi connectivity index (χ1) is 9.61. The molecular weight excluding hydrogens is 360 g/mol. The number of halogens is 1. The SMILES string of the molecule is CCOC(=O)c1c(C)nsc1NCCc1ccc(Br)s1. The van der Waals surface area contributed by atoms with Crippen molar-refractivity contribution in [1.82, 2.24) is 4.37 Å². The summed E-state index contributed by atoms with van der Waals surface area (Å²) in [4.78, 5) is 13.2. The van der Waals surface area contributed by atoms with Gasteiger partial charge in [0.15, 0.2) is 0 Å². The molecule has 0 saturated carbocycles. The third-order valence-corrected chi connectivity index (χ3v) is 5.21. The lowest BCUT2D eigenvalue weighted by atomic mass is 10.2. The highest BCUT2D eigenvalue weighted by Gasteiger charge is 2.19. The molecule has 2 aromatic rings. The van der Waals surface area contributed by atoms with E-state index in [4.69, 9.17) is 4.74 Å². The third-order valence-electron chi connectivity index (χ3n) is 2.63. The van der Waals surface area contributed by atoms with Crippen molar-refractivity contribution in [3.63, 3.8) is 0 Å². The molecule has 0 unspecified atom stereocenters. The maximum atomic E-state index is 11.9. The number of aryl methyl sites for hydroxylation is 1. The Morgan fingerprint density at radius 1 is 1.50 bits per heavy atom. The van der Waals surface area contributed by atoms with Gasteiger partial charge in [0.1, 0.15) is 10.6 Å². The molecule has 0 aromatic carbocycles. The highest BCUT2D eigenvalue weighted by molar-refractivity contribution is 9.11. The lowest BCUT2D eigenvalue weighted by Crippen LogP contribution is -2.10. The van der Waals surface area contributed by atoms with Crippen LogP contribution in [0.1, 0.15) is 27.9 Å². The van der Waals surface area contributed by atoms with E-state index in [0.717, 1.165) is 27.4 Å².